The van der Waals surface area contributed by atoms with Crippen molar-refractivity contribution in [2.75, 3.05) is 12.3 Å². The summed E-state index contributed by atoms with van der Waals surface area (Å²) in [7, 11) is -3.17. The van der Waals surface area contributed by atoms with Crippen molar-refractivity contribution < 1.29 is 8.42 Å². The van der Waals surface area contributed by atoms with Crippen molar-refractivity contribution >= 4 is 9.84 Å². The van der Waals surface area contributed by atoms with Crippen LogP contribution in [0, 0.1) is 6.92 Å². The molecule has 0 aliphatic rings. The van der Waals surface area contributed by atoms with Crippen LogP contribution in [0.3, 0.4) is 0 Å². The smallest absolute Gasteiger partial charge is 0.179 e. The summed E-state index contributed by atoms with van der Waals surface area (Å²) in [6, 6.07) is 7.01. The van der Waals surface area contributed by atoms with Gasteiger partial charge in [0.2, 0.25) is 0 Å². The number of sulfone groups is 1. The van der Waals surface area contributed by atoms with E-state index in [4.69, 9.17) is 0 Å². The van der Waals surface area contributed by atoms with Crippen molar-refractivity contribution in [1.29, 1.82) is 0 Å². The third-order valence-electron chi connectivity index (χ3n) is 3.24. The van der Waals surface area contributed by atoms with Gasteiger partial charge in [-0.15, -0.1) is 0 Å². The quantitative estimate of drug-likeness (QED) is 0.863. The summed E-state index contributed by atoms with van der Waals surface area (Å²) in [5.74, 6) is 0.138. The topological polar surface area (TPSA) is 46.2 Å². The molecule has 4 heteroatoms. The first-order valence-electron chi connectivity index (χ1n) is 6.31. The van der Waals surface area contributed by atoms with E-state index in [1.807, 2.05) is 19.1 Å². The molecule has 1 aromatic carbocycles. The van der Waals surface area contributed by atoms with Crippen LogP contribution in [0.5, 0.6) is 0 Å². The molecule has 0 saturated carbocycles. The Hall–Kier alpha value is -0.870. The molecule has 0 spiro atoms. The van der Waals surface area contributed by atoms with Crippen LogP contribution in [-0.2, 0) is 9.84 Å². The molecule has 0 bridgehead atoms. The summed E-state index contributed by atoms with van der Waals surface area (Å²) in [6.45, 7) is 8.66. The first kappa shape index (κ1) is 15.2. The fourth-order valence-corrected chi connectivity index (χ4v) is 2.67. The molecule has 0 aromatic heterocycles. The summed E-state index contributed by atoms with van der Waals surface area (Å²) in [5, 5.41) is 3.27. The Kier molecular flexibility index (Phi) is 4.93. The van der Waals surface area contributed by atoms with Crippen LogP contribution in [0.1, 0.15) is 32.8 Å². The average molecular weight is 269 g/mol. The van der Waals surface area contributed by atoms with Crippen LogP contribution < -0.4 is 5.32 Å². The second-order valence-corrected chi connectivity index (χ2v) is 7.41. The maximum atomic E-state index is 12.1. The van der Waals surface area contributed by atoms with E-state index in [1.165, 1.54) is 0 Å². The van der Waals surface area contributed by atoms with Gasteiger partial charge in [-0.25, -0.2) is 8.42 Å². The number of benzene rings is 1. The SMILES string of the molecule is CCC(C)(C)NCCS(=O)(=O)c1ccc(C)cc1. The molecule has 0 aliphatic carbocycles. The molecule has 0 radical (unpaired) electrons. The normalized spacial score (nSPS) is 12.7. The lowest BCUT2D eigenvalue weighted by Gasteiger charge is -2.24. The van der Waals surface area contributed by atoms with E-state index >= 15 is 0 Å². The predicted octanol–water partition coefficient (Wildman–Crippen LogP) is 2.55. The van der Waals surface area contributed by atoms with Crippen molar-refractivity contribution in [3.8, 4) is 0 Å². The average Bonchev–Trinajstić information content (AvgIpc) is 2.29. The maximum Gasteiger partial charge on any atom is 0.179 e. The molecule has 1 aromatic rings. The van der Waals surface area contributed by atoms with E-state index in [-0.39, 0.29) is 11.3 Å². The minimum Gasteiger partial charge on any atom is -0.311 e. The molecule has 0 saturated heterocycles. The van der Waals surface area contributed by atoms with E-state index in [0.29, 0.717) is 11.4 Å². The highest BCUT2D eigenvalue weighted by molar-refractivity contribution is 7.91. The van der Waals surface area contributed by atoms with Gasteiger partial charge in [0, 0.05) is 12.1 Å². The number of rotatable bonds is 6. The highest BCUT2D eigenvalue weighted by atomic mass is 32.2. The van der Waals surface area contributed by atoms with Crippen molar-refractivity contribution in [2.24, 2.45) is 0 Å². The molecule has 1 N–H and O–H groups in total. The van der Waals surface area contributed by atoms with Gasteiger partial charge >= 0.3 is 0 Å². The Balaban J connectivity index is 2.63. The number of hydrogen-bond donors (Lipinski definition) is 1. The van der Waals surface area contributed by atoms with E-state index in [0.717, 1.165) is 12.0 Å². The van der Waals surface area contributed by atoms with Gasteiger partial charge in [-0.2, -0.15) is 0 Å². The zero-order valence-corrected chi connectivity index (χ0v) is 12.5. The van der Waals surface area contributed by atoms with Gasteiger partial charge < -0.3 is 5.32 Å². The van der Waals surface area contributed by atoms with Gasteiger partial charge in [0.25, 0.3) is 0 Å². The number of nitrogens with one attached hydrogen (secondary N) is 1. The molecule has 0 heterocycles. The van der Waals surface area contributed by atoms with E-state index in [2.05, 4.69) is 26.1 Å². The highest BCUT2D eigenvalue weighted by Crippen LogP contribution is 2.12. The van der Waals surface area contributed by atoms with Crippen LogP contribution in [0.25, 0.3) is 0 Å². The third kappa shape index (κ3) is 4.42. The minimum absolute atomic E-state index is 0.0111. The zero-order valence-electron chi connectivity index (χ0n) is 11.7. The van der Waals surface area contributed by atoms with Crippen LogP contribution >= 0.6 is 0 Å². The molecule has 18 heavy (non-hydrogen) atoms. The van der Waals surface area contributed by atoms with Crippen LogP contribution in [0.2, 0.25) is 0 Å². The Morgan fingerprint density at radius 1 is 1.17 bits per heavy atom. The minimum atomic E-state index is -3.17. The van der Waals surface area contributed by atoms with Crippen LogP contribution in [-0.4, -0.2) is 26.3 Å². The van der Waals surface area contributed by atoms with Gasteiger partial charge in [0.1, 0.15) is 0 Å². The lowest BCUT2D eigenvalue weighted by Crippen LogP contribution is -2.41. The largest absolute Gasteiger partial charge is 0.311 e. The molecule has 0 fully saturated rings. The van der Waals surface area contributed by atoms with Gasteiger partial charge in [-0.05, 0) is 39.3 Å². The fraction of sp³-hybridized carbons (Fsp3) is 0.571. The van der Waals surface area contributed by atoms with Crippen molar-refractivity contribution in [3.05, 3.63) is 29.8 Å². The molecule has 3 nitrogen and oxygen atoms in total. The van der Waals surface area contributed by atoms with Crippen LogP contribution in [0.15, 0.2) is 29.2 Å². The predicted molar refractivity (Wildman–Crippen MR) is 75.6 cm³/mol. The summed E-state index contributed by atoms with van der Waals surface area (Å²) >= 11 is 0. The van der Waals surface area contributed by atoms with Gasteiger partial charge in [0.05, 0.1) is 10.6 Å². The van der Waals surface area contributed by atoms with Crippen molar-refractivity contribution in [3.63, 3.8) is 0 Å². The highest BCUT2D eigenvalue weighted by Gasteiger charge is 2.17. The summed E-state index contributed by atoms with van der Waals surface area (Å²) in [5.41, 5.74) is 1.06. The van der Waals surface area contributed by atoms with Gasteiger partial charge in [0.15, 0.2) is 9.84 Å². The lowest BCUT2D eigenvalue weighted by atomic mass is 10.0. The molecule has 0 aliphatic heterocycles. The fourth-order valence-electron chi connectivity index (χ4n) is 1.51. The molecule has 0 atom stereocenters. The third-order valence-corrected chi connectivity index (χ3v) is 4.97. The van der Waals surface area contributed by atoms with E-state index in [9.17, 15) is 8.42 Å². The molecule has 0 amide bonds. The van der Waals surface area contributed by atoms with Gasteiger partial charge in [-0.1, -0.05) is 24.6 Å². The molecule has 0 unspecified atom stereocenters. The Labute approximate surface area is 111 Å². The molecular formula is C14H23NO2S. The van der Waals surface area contributed by atoms with Gasteiger partial charge in [-0.3, -0.25) is 0 Å². The molecule has 102 valence electrons. The second-order valence-electron chi connectivity index (χ2n) is 5.30. The maximum absolute atomic E-state index is 12.1. The first-order valence-corrected chi connectivity index (χ1v) is 7.96. The Morgan fingerprint density at radius 3 is 2.22 bits per heavy atom. The monoisotopic (exact) mass is 269 g/mol. The summed E-state index contributed by atoms with van der Waals surface area (Å²) in [6.07, 6.45) is 0.970. The Bertz CT molecular complexity index is 475. The number of aryl methyl sites for hydroxylation is 1. The molecule has 1 rings (SSSR count). The number of hydrogen-bond acceptors (Lipinski definition) is 3. The first-order chi connectivity index (χ1) is 8.27. The van der Waals surface area contributed by atoms with E-state index in [1.54, 1.807) is 12.1 Å². The molecular weight excluding hydrogens is 246 g/mol. The van der Waals surface area contributed by atoms with Crippen molar-refractivity contribution in [1.82, 2.24) is 5.32 Å². The van der Waals surface area contributed by atoms with Crippen molar-refractivity contribution in [2.45, 2.75) is 44.6 Å². The zero-order chi connectivity index (χ0) is 13.8. The summed E-state index contributed by atoms with van der Waals surface area (Å²) < 4.78 is 24.2. The lowest BCUT2D eigenvalue weighted by molar-refractivity contribution is 0.387. The van der Waals surface area contributed by atoms with E-state index < -0.39 is 9.84 Å². The Morgan fingerprint density at radius 2 is 1.72 bits per heavy atom. The second kappa shape index (κ2) is 5.85. The standard InChI is InChI=1S/C14H23NO2S/c1-5-14(3,4)15-10-11-18(16,17)13-8-6-12(2)7-9-13/h6-9,15H,5,10-11H2,1-4H3. The van der Waals surface area contributed by atoms with Crippen LogP contribution in [0.4, 0.5) is 0 Å². The summed E-state index contributed by atoms with van der Waals surface area (Å²) in [4.78, 5) is 0.407.